The summed E-state index contributed by atoms with van der Waals surface area (Å²) in [5.41, 5.74) is 0. The van der Waals surface area contributed by atoms with Crippen LogP contribution in [-0.4, -0.2) is 79.6 Å². The van der Waals surface area contributed by atoms with Crippen LogP contribution in [0.2, 0.25) is 0 Å². The van der Waals surface area contributed by atoms with Crippen LogP contribution in [0.3, 0.4) is 0 Å². The Morgan fingerprint density at radius 2 is 1.95 bits per heavy atom. The van der Waals surface area contributed by atoms with Gasteiger partial charge in [0.25, 0.3) is 0 Å². The number of aliphatic carboxylic acids is 1. The van der Waals surface area contributed by atoms with Gasteiger partial charge in [0, 0.05) is 25.7 Å². The minimum atomic E-state index is -2.88. The van der Waals surface area contributed by atoms with Crippen molar-refractivity contribution in [1.29, 1.82) is 0 Å². The SMILES string of the molecule is O=C(O)CN1CCCN(C2CCCS(=O)(=O)C2)CC1. The maximum absolute atomic E-state index is 11.7. The molecule has 2 rings (SSSR count). The van der Waals surface area contributed by atoms with Gasteiger partial charge in [-0.15, -0.1) is 0 Å². The molecule has 110 valence electrons. The number of nitrogens with zero attached hydrogens (tertiary/aromatic N) is 2. The van der Waals surface area contributed by atoms with Gasteiger partial charge in [-0.05, 0) is 25.8 Å². The molecule has 0 spiro atoms. The van der Waals surface area contributed by atoms with Crippen molar-refractivity contribution >= 4 is 15.8 Å². The quantitative estimate of drug-likeness (QED) is 0.766. The minimum Gasteiger partial charge on any atom is -0.480 e. The molecule has 2 saturated heterocycles. The van der Waals surface area contributed by atoms with Gasteiger partial charge in [-0.3, -0.25) is 14.6 Å². The molecule has 0 aromatic heterocycles. The smallest absolute Gasteiger partial charge is 0.317 e. The van der Waals surface area contributed by atoms with Gasteiger partial charge in [-0.1, -0.05) is 0 Å². The molecular weight excluding hydrogens is 268 g/mol. The van der Waals surface area contributed by atoms with Crippen LogP contribution < -0.4 is 0 Å². The largest absolute Gasteiger partial charge is 0.480 e. The number of rotatable bonds is 3. The molecule has 0 saturated carbocycles. The predicted molar refractivity (Wildman–Crippen MR) is 71.9 cm³/mol. The fourth-order valence-electron chi connectivity index (χ4n) is 2.99. The average Bonchev–Trinajstić information content (AvgIpc) is 2.52. The van der Waals surface area contributed by atoms with Crippen molar-refractivity contribution in [3.05, 3.63) is 0 Å². The van der Waals surface area contributed by atoms with E-state index in [1.165, 1.54) is 0 Å². The Kier molecular flexibility index (Phi) is 4.81. The Morgan fingerprint density at radius 3 is 2.63 bits per heavy atom. The lowest BCUT2D eigenvalue weighted by Gasteiger charge is -2.33. The van der Waals surface area contributed by atoms with Crippen LogP contribution in [-0.2, 0) is 14.6 Å². The predicted octanol–water partition coefficient (Wildman–Crippen LogP) is -0.344. The molecule has 0 amide bonds. The maximum atomic E-state index is 11.7. The fraction of sp³-hybridized carbons (Fsp3) is 0.917. The van der Waals surface area contributed by atoms with Crippen LogP contribution in [0.5, 0.6) is 0 Å². The summed E-state index contributed by atoms with van der Waals surface area (Å²) in [6.45, 7) is 3.21. The van der Waals surface area contributed by atoms with Crippen molar-refractivity contribution in [1.82, 2.24) is 9.80 Å². The van der Waals surface area contributed by atoms with E-state index >= 15 is 0 Å². The molecule has 0 radical (unpaired) electrons. The summed E-state index contributed by atoms with van der Waals surface area (Å²) < 4.78 is 23.4. The summed E-state index contributed by atoms with van der Waals surface area (Å²) in [7, 11) is -2.88. The molecule has 2 aliphatic rings. The van der Waals surface area contributed by atoms with Crippen molar-refractivity contribution in [2.24, 2.45) is 0 Å². The van der Waals surface area contributed by atoms with E-state index in [0.29, 0.717) is 12.3 Å². The van der Waals surface area contributed by atoms with E-state index in [-0.39, 0.29) is 18.3 Å². The van der Waals surface area contributed by atoms with E-state index in [9.17, 15) is 13.2 Å². The molecule has 2 aliphatic heterocycles. The summed E-state index contributed by atoms with van der Waals surface area (Å²) in [6.07, 6.45) is 2.60. The third-order valence-electron chi connectivity index (χ3n) is 3.94. The second-order valence-electron chi connectivity index (χ2n) is 5.47. The number of carboxylic acid groups (broad SMARTS) is 1. The topological polar surface area (TPSA) is 77.9 Å². The minimum absolute atomic E-state index is 0.0802. The third-order valence-corrected chi connectivity index (χ3v) is 5.74. The van der Waals surface area contributed by atoms with E-state index in [2.05, 4.69) is 4.90 Å². The van der Waals surface area contributed by atoms with Crippen LogP contribution in [0.15, 0.2) is 0 Å². The molecule has 0 aromatic rings. The molecule has 2 heterocycles. The molecule has 6 nitrogen and oxygen atoms in total. The normalized spacial score (nSPS) is 29.8. The highest BCUT2D eigenvalue weighted by Crippen LogP contribution is 2.19. The first kappa shape index (κ1) is 14.7. The number of sulfone groups is 1. The van der Waals surface area contributed by atoms with Crippen molar-refractivity contribution in [2.45, 2.75) is 25.3 Å². The molecule has 19 heavy (non-hydrogen) atoms. The van der Waals surface area contributed by atoms with Crippen LogP contribution in [0.25, 0.3) is 0 Å². The number of carbonyl (C=O) groups is 1. The highest BCUT2D eigenvalue weighted by Gasteiger charge is 2.30. The Balaban J connectivity index is 1.90. The van der Waals surface area contributed by atoms with E-state index in [1.54, 1.807) is 0 Å². The van der Waals surface area contributed by atoms with Gasteiger partial charge in [0.2, 0.25) is 0 Å². The van der Waals surface area contributed by atoms with Crippen molar-refractivity contribution < 1.29 is 18.3 Å². The standard InChI is InChI=1S/C12H22N2O4S/c15-12(16)9-13-4-2-5-14(7-6-13)11-3-1-8-19(17,18)10-11/h11H,1-10H2,(H,15,16). The van der Waals surface area contributed by atoms with Gasteiger partial charge in [0.15, 0.2) is 9.84 Å². The van der Waals surface area contributed by atoms with Crippen LogP contribution in [0.1, 0.15) is 19.3 Å². The lowest BCUT2D eigenvalue weighted by atomic mass is 10.1. The third kappa shape index (κ3) is 4.43. The van der Waals surface area contributed by atoms with Gasteiger partial charge < -0.3 is 5.11 Å². The van der Waals surface area contributed by atoms with Gasteiger partial charge in [-0.25, -0.2) is 8.42 Å². The summed E-state index contributed by atoms with van der Waals surface area (Å²) in [6, 6.07) is 0.128. The zero-order chi connectivity index (χ0) is 13.9. The van der Waals surface area contributed by atoms with Gasteiger partial charge in [0.1, 0.15) is 0 Å². The number of carboxylic acids is 1. The first-order valence-corrected chi connectivity index (χ1v) is 8.67. The summed E-state index contributed by atoms with van der Waals surface area (Å²) in [5, 5.41) is 8.81. The van der Waals surface area contributed by atoms with Gasteiger partial charge >= 0.3 is 5.97 Å². The summed E-state index contributed by atoms with van der Waals surface area (Å²) in [4.78, 5) is 14.9. The first-order valence-electron chi connectivity index (χ1n) is 6.85. The monoisotopic (exact) mass is 290 g/mol. The maximum Gasteiger partial charge on any atom is 0.317 e. The zero-order valence-electron chi connectivity index (χ0n) is 11.1. The Hall–Kier alpha value is -0.660. The lowest BCUT2D eigenvalue weighted by Crippen LogP contribution is -2.45. The summed E-state index contributed by atoms with van der Waals surface area (Å²) >= 11 is 0. The highest BCUT2D eigenvalue weighted by molar-refractivity contribution is 7.91. The second-order valence-corrected chi connectivity index (χ2v) is 7.70. The molecule has 0 aromatic carbocycles. The average molecular weight is 290 g/mol. The molecular formula is C12H22N2O4S. The van der Waals surface area contributed by atoms with Crippen LogP contribution in [0, 0.1) is 0 Å². The van der Waals surface area contributed by atoms with E-state index in [1.807, 2.05) is 4.90 Å². The highest BCUT2D eigenvalue weighted by atomic mass is 32.2. The lowest BCUT2D eigenvalue weighted by molar-refractivity contribution is -0.138. The van der Waals surface area contributed by atoms with E-state index < -0.39 is 15.8 Å². The van der Waals surface area contributed by atoms with Crippen LogP contribution >= 0.6 is 0 Å². The molecule has 0 aliphatic carbocycles. The van der Waals surface area contributed by atoms with E-state index in [4.69, 9.17) is 5.11 Å². The zero-order valence-corrected chi connectivity index (χ0v) is 11.9. The molecule has 1 atom stereocenters. The van der Waals surface area contributed by atoms with Crippen molar-refractivity contribution in [3.8, 4) is 0 Å². The molecule has 1 unspecified atom stereocenters. The summed E-state index contributed by atoms with van der Waals surface area (Å²) in [5.74, 6) is -0.206. The molecule has 7 heteroatoms. The Labute approximate surface area is 114 Å². The molecule has 2 fully saturated rings. The first-order chi connectivity index (χ1) is 8.96. The molecule has 0 bridgehead atoms. The number of hydrogen-bond acceptors (Lipinski definition) is 5. The fourth-order valence-corrected chi connectivity index (χ4v) is 4.73. The van der Waals surface area contributed by atoms with E-state index in [0.717, 1.165) is 38.9 Å². The van der Waals surface area contributed by atoms with Crippen molar-refractivity contribution in [3.63, 3.8) is 0 Å². The van der Waals surface area contributed by atoms with Gasteiger partial charge in [0.05, 0.1) is 18.1 Å². The van der Waals surface area contributed by atoms with Crippen LogP contribution in [0.4, 0.5) is 0 Å². The van der Waals surface area contributed by atoms with Crippen molar-refractivity contribution in [2.75, 3.05) is 44.2 Å². The second kappa shape index (κ2) is 6.19. The molecule has 1 N–H and O–H groups in total. The Morgan fingerprint density at radius 1 is 1.16 bits per heavy atom. The number of hydrogen-bond donors (Lipinski definition) is 1. The Bertz CT molecular complexity index is 423. The van der Waals surface area contributed by atoms with Gasteiger partial charge in [-0.2, -0.15) is 0 Å².